The highest BCUT2D eigenvalue weighted by Crippen LogP contribution is 2.32. The van der Waals surface area contributed by atoms with Gasteiger partial charge in [0.1, 0.15) is 29.9 Å². The summed E-state index contributed by atoms with van der Waals surface area (Å²) >= 11 is 0. The van der Waals surface area contributed by atoms with Gasteiger partial charge in [0.05, 0.1) is 24.1 Å². The van der Waals surface area contributed by atoms with E-state index in [9.17, 15) is 15.0 Å². The van der Waals surface area contributed by atoms with E-state index in [4.69, 9.17) is 9.84 Å². The monoisotopic (exact) mass is 293 g/mol. The summed E-state index contributed by atoms with van der Waals surface area (Å²) in [5, 5.41) is 28.8. The second-order valence-electron chi connectivity index (χ2n) is 5.06. The molecule has 8 heteroatoms. The molecule has 0 spiro atoms. The van der Waals surface area contributed by atoms with E-state index in [1.54, 1.807) is 6.92 Å². The number of aromatic nitrogens is 3. The Balaban J connectivity index is 2.08. The quantitative estimate of drug-likeness (QED) is 0.546. The summed E-state index contributed by atoms with van der Waals surface area (Å²) in [5.74, 6) is 0. The van der Waals surface area contributed by atoms with E-state index in [1.165, 1.54) is 12.3 Å². The molecule has 0 amide bonds. The van der Waals surface area contributed by atoms with Gasteiger partial charge >= 0.3 is 0 Å². The Hall–Kier alpha value is -1.87. The van der Waals surface area contributed by atoms with Gasteiger partial charge in [0.2, 0.25) is 0 Å². The third-order valence-electron chi connectivity index (χ3n) is 3.56. The molecule has 8 nitrogen and oxygen atoms in total. The van der Waals surface area contributed by atoms with E-state index >= 15 is 0 Å². The third kappa shape index (κ3) is 2.32. The van der Waals surface area contributed by atoms with Crippen molar-refractivity contribution in [1.82, 2.24) is 15.0 Å². The van der Waals surface area contributed by atoms with Crippen molar-refractivity contribution in [2.75, 3.05) is 6.61 Å². The number of aromatic amines is 1. The van der Waals surface area contributed by atoms with Gasteiger partial charge in [-0.15, -0.1) is 0 Å². The maximum atomic E-state index is 12.1. The minimum atomic E-state index is -1.29. The molecular formula is C13H15N3O5. The highest BCUT2D eigenvalue weighted by molar-refractivity contribution is 5.70. The molecule has 2 aromatic rings. The normalized spacial score (nSPS) is 29.1. The summed E-state index contributed by atoms with van der Waals surface area (Å²) in [6.45, 7) is 1.32. The van der Waals surface area contributed by atoms with Crippen molar-refractivity contribution in [2.24, 2.45) is 0 Å². The first kappa shape index (κ1) is 14.1. The summed E-state index contributed by atoms with van der Waals surface area (Å²) in [6, 6.07) is 1.48. The Morgan fingerprint density at radius 2 is 2.14 bits per heavy atom. The van der Waals surface area contributed by atoms with Crippen LogP contribution in [0.15, 0.2) is 17.1 Å². The Morgan fingerprint density at radius 1 is 1.38 bits per heavy atom. The Kier molecular flexibility index (Phi) is 3.46. The van der Waals surface area contributed by atoms with Gasteiger partial charge < -0.3 is 25.0 Å². The van der Waals surface area contributed by atoms with Gasteiger partial charge in [-0.05, 0) is 13.0 Å². The van der Waals surface area contributed by atoms with E-state index in [0.29, 0.717) is 16.9 Å². The fourth-order valence-corrected chi connectivity index (χ4v) is 2.45. The molecule has 0 aromatic carbocycles. The van der Waals surface area contributed by atoms with Crippen LogP contribution in [0.25, 0.3) is 11.2 Å². The van der Waals surface area contributed by atoms with Crippen molar-refractivity contribution < 1.29 is 20.1 Å². The average Bonchev–Trinajstić information content (AvgIpc) is 2.75. The molecule has 1 aliphatic heterocycles. The van der Waals surface area contributed by atoms with Crippen LogP contribution >= 0.6 is 0 Å². The minimum Gasteiger partial charge on any atom is -0.394 e. The number of aliphatic hydroxyl groups excluding tert-OH is 3. The SMILES string of the molecule is Cc1cnc2[nH]c(=O)c([C@@H]3O[C@H](CO)[C@H](O)C3O)cc2n1. The van der Waals surface area contributed by atoms with E-state index in [1.807, 2.05) is 0 Å². The largest absolute Gasteiger partial charge is 0.394 e. The Bertz CT molecular complexity index is 731. The molecule has 0 bridgehead atoms. The lowest BCUT2D eigenvalue weighted by Gasteiger charge is -2.14. The second kappa shape index (κ2) is 5.15. The number of aliphatic hydroxyl groups is 3. The lowest BCUT2D eigenvalue weighted by atomic mass is 10.0. The van der Waals surface area contributed by atoms with Crippen molar-refractivity contribution in [2.45, 2.75) is 31.3 Å². The van der Waals surface area contributed by atoms with Gasteiger partial charge in [0.15, 0.2) is 5.65 Å². The highest BCUT2D eigenvalue weighted by atomic mass is 16.6. The summed E-state index contributed by atoms with van der Waals surface area (Å²) in [7, 11) is 0. The molecule has 4 atom stereocenters. The molecule has 3 heterocycles. The van der Waals surface area contributed by atoms with Crippen LogP contribution in [-0.2, 0) is 4.74 Å². The van der Waals surface area contributed by atoms with Gasteiger partial charge in [-0.3, -0.25) is 4.79 Å². The predicted molar refractivity (Wildman–Crippen MR) is 71.6 cm³/mol. The zero-order valence-corrected chi connectivity index (χ0v) is 11.2. The van der Waals surface area contributed by atoms with Crippen LogP contribution in [0.2, 0.25) is 0 Å². The van der Waals surface area contributed by atoms with Crippen LogP contribution in [0.3, 0.4) is 0 Å². The van der Waals surface area contributed by atoms with Crippen molar-refractivity contribution in [1.29, 1.82) is 0 Å². The number of ether oxygens (including phenoxy) is 1. The van der Waals surface area contributed by atoms with Crippen molar-refractivity contribution in [3.05, 3.63) is 33.9 Å². The number of pyridine rings is 1. The van der Waals surface area contributed by atoms with Gasteiger partial charge in [-0.25, -0.2) is 9.97 Å². The molecule has 4 N–H and O–H groups in total. The van der Waals surface area contributed by atoms with Gasteiger partial charge in [0, 0.05) is 0 Å². The number of nitrogens with one attached hydrogen (secondary N) is 1. The number of hydrogen-bond donors (Lipinski definition) is 4. The van der Waals surface area contributed by atoms with Crippen LogP contribution in [0.5, 0.6) is 0 Å². The molecule has 0 aliphatic carbocycles. The molecule has 2 aromatic heterocycles. The molecule has 0 saturated carbocycles. The first-order valence-corrected chi connectivity index (χ1v) is 6.50. The number of nitrogens with zero attached hydrogens (tertiary/aromatic N) is 2. The maximum Gasteiger partial charge on any atom is 0.255 e. The fourth-order valence-electron chi connectivity index (χ4n) is 2.45. The molecule has 1 unspecified atom stereocenters. The molecular weight excluding hydrogens is 278 g/mol. The van der Waals surface area contributed by atoms with Gasteiger partial charge in [-0.1, -0.05) is 0 Å². The van der Waals surface area contributed by atoms with E-state index in [2.05, 4.69) is 15.0 Å². The summed E-state index contributed by atoms with van der Waals surface area (Å²) in [5.41, 5.74) is 1.14. The van der Waals surface area contributed by atoms with Gasteiger partial charge in [-0.2, -0.15) is 0 Å². The van der Waals surface area contributed by atoms with Crippen molar-refractivity contribution in [3.63, 3.8) is 0 Å². The predicted octanol–water partition coefficient (Wildman–Crippen LogP) is -1.22. The zero-order valence-electron chi connectivity index (χ0n) is 11.2. The smallest absolute Gasteiger partial charge is 0.255 e. The number of fused-ring (bicyclic) bond motifs is 1. The lowest BCUT2D eigenvalue weighted by molar-refractivity contribution is -0.0231. The van der Waals surface area contributed by atoms with E-state index in [0.717, 1.165) is 0 Å². The summed E-state index contributed by atoms with van der Waals surface area (Å²) < 4.78 is 5.36. The highest BCUT2D eigenvalue weighted by Gasteiger charge is 2.44. The topological polar surface area (TPSA) is 129 Å². The third-order valence-corrected chi connectivity index (χ3v) is 3.56. The van der Waals surface area contributed by atoms with Gasteiger partial charge in [0.25, 0.3) is 5.56 Å². The number of hydrogen-bond acceptors (Lipinski definition) is 7. The van der Waals surface area contributed by atoms with Crippen molar-refractivity contribution >= 4 is 11.2 Å². The molecule has 21 heavy (non-hydrogen) atoms. The zero-order chi connectivity index (χ0) is 15.1. The van der Waals surface area contributed by atoms with Crippen LogP contribution in [0, 0.1) is 6.92 Å². The molecule has 1 fully saturated rings. The molecule has 0 radical (unpaired) electrons. The van der Waals surface area contributed by atoms with Crippen LogP contribution < -0.4 is 5.56 Å². The van der Waals surface area contributed by atoms with Crippen molar-refractivity contribution in [3.8, 4) is 0 Å². The van der Waals surface area contributed by atoms with Crippen LogP contribution in [0.1, 0.15) is 17.4 Å². The lowest BCUT2D eigenvalue weighted by Crippen LogP contribution is -2.33. The number of H-pyrrole nitrogens is 1. The molecule has 1 aliphatic rings. The van der Waals surface area contributed by atoms with Crippen LogP contribution in [-0.4, -0.2) is 55.2 Å². The molecule has 1 saturated heterocycles. The molecule has 112 valence electrons. The van der Waals surface area contributed by atoms with E-state index < -0.39 is 36.6 Å². The fraction of sp³-hybridized carbons (Fsp3) is 0.462. The minimum absolute atomic E-state index is 0.143. The standard InChI is InChI=1S/C13H15N3O5/c1-5-3-14-12-7(15-5)2-6(13(20)16-12)11-10(19)9(18)8(4-17)21-11/h2-3,8-11,17-19H,4H2,1H3,(H,14,16,20)/t8-,9+,10?,11+/m1/s1. The summed E-state index contributed by atoms with van der Waals surface area (Å²) in [6.07, 6.45) is -2.96. The first-order chi connectivity index (χ1) is 10.0. The van der Waals surface area contributed by atoms with Crippen LogP contribution in [0.4, 0.5) is 0 Å². The van der Waals surface area contributed by atoms with E-state index in [-0.39, 0.29) is 5.56 Å². The summed E-state index contributed by atoms with van der Waals surface area (Å²) in [4.78, 5) is 23.0. The number of rotatable bonds is 2. The maximum absolute atomic E-state index is 12.1. The number of aryl methyl sites for hydroxylation is 1. The first-order valence-electron chi connectivity index (χ1n) is 6.50. The molecule has 3 rings (SSSR count). The second-order valence-corrected chi connectivity index (χ2v) is 5.06. The Labute approximate surface area is 119 Å². The Morgan fingerprint density at radius 3 is 2.81 bits per heavy atom. The average molecular weight is 293 g/mol.